The molecule has 5 nitrogen and oxygen atoms in total. The Morgan fingerprint density at radius 1 is 1.57 bits per heavy atom. The second-order valence-electron chi connectivity index (χ2n) is 5.47. The number of thiophene rings is 1. The lowest BCUT2D eigenvalue weighted by Gasteiger charge is -2.30. The van der Waals surface area contributed by atoms with Crippen molar-refractivity contribution in [3.63, 3.8) is 0 Å². The van der Waals surface area contributed by atoms with Crippen molar-refractivity contribution in [2.75, 3.05) is 13.1 Å². The van der Waals surface area contributed by atoms with Crippen molar-refractivity contribution in [3.05, 3.63) is 34.0 Å². The number of aromatic amines is 1. The second kappa shape index (κ2) is 6.49. The molecule has 21 heavy (non-hydrogen) atoms. The van der Waals surface area contributed by atoms with Crippen LogP contribution >= 0.6 is 11.3 Å². The molecule has 1 N–H and O–H groups in total. The molecule has 112 valence electrons. The fourth-order valence-electron chi connectivity index (χ4n) is 2.81. The number of ketones is 1. The standard InChI is InChI=1S/C15H20N4OS/c1-2-13-16-14(18-17-13)10-19-7-3-5-11(9-19)15(20)12-6-4-8-21-12/h4,6,8,11H,2-3,5,7,9-10H2,1H3,(H,16,17,18). The highest BCUT2D eigenvalue weighted by molar-refractivity contribution is 7.12. The topological polar surface area (TPSA) is 61.9 Å². The number of carbonyl (C=O) groups excluding carboxylic acids is 1. The zero-order valence-electron chi connectivity index (χ0n) is 12.2. The first kappa shape index (κ1) is 14.4. The molecule has 0 spiro atoms. The maximum atomic E-state index is 12.5. The van der Waals surface area contributed by atoms with Gasteiger partial charge in [-0.3, -0.25) is 14.8 Å². The maximum absolute atomic E-state index is 12.5. The second-order valence-corrected chi connectivity index (χ2v) is 6.42. The van der Waals surface area contributed by atoms with E-state index in [0.717, 1.165) is 55.4 Å². The van der Waals surface area contributed by atoms with Crippen LogP contribution in [0.4, 0.5) is 0 Å². The SMILES string of the molecule is CCc1n[nH]c(CN2CCCC(C(=O)c3cccs3)C2)n1. The fraction of sp³-hybridized carbons (Fsp3) is 0.533. The predicted molar refractivity (Wildman–Crippen MR) is 82.4 cm³/mol. The minimum atomic E-state index is 0.117. The number of Topliss-reactive ketones (excluding diaryl/α,β-unsaturated/α-hetero) is 1. The summed E-state index contributed by atoms with van der Waals surface area (Å²) in [4.78, 5) is 20.1. The molecule has 2 aromatic heterocycles. The predicted octanol–water partition coefficient (Wildman–Crippen LogP) is 2.52. The molecule has 0 radical (unpaired) electrons. The Morgan fingerprint density at radius 3 is 3.19 bits per heavy atom. The van der Waals surface area contributed by atoms with Gasteiger partial charge < -0.3 is 0 Å². The van der Waals surface area contributed by atoms with E-state index in [1.807, 2.05) is 24.4 Å². The Morgan fingerprint density at radius 2 is 2.48 bits per heavy atom. The van der Waals surface area contributed by atoms with Gasteiger partial charge in [-0.2, -0.15) is 5.10 Å². The van der Waals surface area contributed by atoms with E-state index in [9.17, 15) is 4.79 Å². The van der Waals surface area contributed by atoms with Gasteiger partial charge in [0.15, 0.2) is 5.78 Å². The number of nitrogens with zero attached hydrogens (tertiary/aromatic N) is 3. The molecule has 1 fully saturated rings. The molecule has 1 saturated heterocycles. The van der Waals surface area contributed by atoms with Crippen molar-refractivity contribution in [1.29, 1.82) is 0 Å². The molecule has 1 aliphatic rings. The summed E-state index contributed by atoms with van der Waals surface area (Å²) in [6.45, 7) is 4.64. The van der Waals surface area contributed by atoms with E-state index in [1.54, 1.807) is 0 Å². The van der Waals surface area contributed by atoms with Gasteiger partial charge in [0.1, 0.15) is 11.6 Å². The molecule has 1 unspecified atom stereocenters. The molecule has 6 heteroatoms. The lowest BCUT2D eigenvalue weighted by atomic mass is 9.93. The molecule has 2 aromatic rings. The lowest BCUT2D eigenvalue weighted by molar-refractivity contribution is 0.0813. The van der Waals surface area contributed by atoms with Gasteiger partial charge in [-0.15, -0.1) is 11.3 Å². The Kier molecular flexibility index (Phi) is 4.45. The van der Waals surface area contributed by atoms with Crippen LogP contribution in [0.2, 0.25) is 0 Å². The summed E-state index contributed by atoms with van der Waals surface area (Å²) in [5.41, 5.74) is 0. The number of hydrogen-bond donors (Lipinski definition) is 1. The van der Waals surface area contributed by atoms with Crippen LogP contribution in [0.15, 0.2) is 17.5 Å². The minimum Gasteiger partial charge on any atom is -0.295 e. The molecular formula is C15H20N4OS. The Hall–Kier alpha value is -1.53. The fourth-order valence-corrected chi connectivity index (χ4v) is 3.55. The van der Waals surface area contributed by atoms with Gasteiger partial charge in [0.25, 0.3) is 0 Å². The number of aryl methyl sites for hydroxylation is 1. The number of carbonyl (C=O) groups is 1. The quantitative estimate of drug-likeness (QED) is 0.862. The third-order valence-corrected chi connectivity index (χ3v) is 4.79. The van der Waals surface area contributed by atoms with Crippen molar-refractivity contribution in [2.45, 2.75) is 32.7 Å². The molecule has 0 amide bonds. The van der Waals surface area contributed by atoms with E-state index < -0.39 is 0 Å². The highest BCUT2D eigenvalue weighted by Gasteiger charge is 2.27. The van der Waals surface area contributed by atoms with Crippen LogP contribution < -0.4 is 0 Å². The summed E-state index contributed by atoms with van der Waals surface area (Å²) >= 11 is 1.54. The largest absolute Gasteiger partial charge is 0.295 e. The normalized spacial score (nSPS) is 19.8. The van der Waals surface area contributed by atoms with Crippen molar-refractivity contribution in [2.24, 2.45) is 5.92 Å². The van der Waals surface area contributed by atoms with Crippen molar-refractivity contribution < 1.29 is 4.79 Å². The Labute approximate surface area is 128 Å². The summed E-state index contributed by atoms with van der Waals surface area (Å²) in [5, 5.41) is 9.12. The molecule has 3 rings (SSSR count). The van der Waals surface area contributed by atoms with Crippen LogP contribution in [0.5, 0.6) is 0 Å². The highest BCUT2D eigenvalue weighted by atomic mass is 32.1. The monoisotopic (exact) mass is 304 g/mol. The van der Waals surface area contributed by atoms with Gasteiger partial charge in [0.05, 0.1) is 11.4 Å². The summed E-state index contributed by atoms with van der Waals surface area (Å²) in [6.07, 6.45) is 2.90. The number of rotatable bonds is 5. The number of nitrogens with one attached hydrogen (secondary N) is 1. The molecule has 1 aliphatic heterocycles. The molecular weight excluding hydrogens is 284 g/mol. The van der Waals surface area contributed by atoms with Gasteiger partial charge in [-0.05, 0) is 30.8 Å². The average Bonchev–Trinajstić information content (AvgIpc) is 3.18. The van der Waals surface area contributed by atoms with E-state index in [2.05, 4.69) is 20.1 Å². The number of piperidine rings is 1. The van der Waals surface area contributed by atoms with Gasteiger partial charge in [0.2, 0.25) is 0 Å². The van der Waals surface area contributed by atoms with E-state index in [1.165, 1.54) is 11.3 Å². The van der Waals surface area contributed by atoms with Gasteiger partial charge >= 0.3 is 0 Å². The highest BCUT2D eigenvalue weighted by Crippen LogP contribution is 2.23. The van der Waals surface area contributed by atoms with Crippen LogP contribution in [0.1, 0.15) is 41.1 Å². The number of aromatic nitrogens is 3. The van der Waals surface area contributed by atoms with Crippen LogP contribution in [0, 0.1) is 5.92 Å². The zero-order chi connectivity index (χ0) is 14.7. The third kappa shape index (κ3) is 3.39. The smallest absolute Gasteiger partial charge is 0.177 e. The van der Waals surface area contributed by atoms with Crippen LogP contribution in [0.3, 0.4) is 0 Å². The first-order valence-corrected chi connectivity index (χ1v) is 8.34. The average molecular weight is 304 g/mol. The lowest BCUT2D eigenvalue weighted by Crippen LogP contribution is -2.38. The molecule has 3 heterocycles. The number of likely N-dealkylation sites (tertiary alicyclic amines) is 1. The molecule has 1 atom stereocenters. The first-order chi connectivity index (χ1) is 10.3. The summed E-state index contributed by atoms with van der Waals surface area (Å²) in [7, 11) is 0. The van der Waals surface area contributed by atoms with Crippen LogP contribution in [0.25, 0.3) is 0 Å². The summed E-state index contributed by atoms with van der Waals surface area (Å²) in [6, 6.07) is 3.87. The van der Waals surface area contributed by atoms with Crippen molar-refractivity contribution >= 4 is 17.1 Å². The molecule has 0 aliphatic carbocycles. The molecule has 0 bridgehead atoms. The van der Waals surface area contributed by atoms with Crippen molar-refractivity contribution in [1.82, 2.24) is 20.1 Å². The minimum absolute atomic E-state index is 0.117. The van der Waals surface area contributed by atoms with Crippen LogP contribution in [-0.2, 0) is 13.0 Å². The first-order valence-electron chi connectivity index (χ1n) is 7.46. The van der Waals surface area contributed by atoms with Gasteiger partial charge in [-0.1, -0.05) is 13.0 Å². The van der Waals surface area contributed by atoms with E-state index in [4.69, 9.17) is 0 Å². The summed E-state index contributed by atoms with van der Waals surface area (Å²) < 4.78 is 0. The Balaban J connectivity index is 1.61. The Bertz CT molecular complexity index is 593. The molecule has 0 saturated carbocycles. The van der Waals surface area contributed by atoms with Gasteiger partial charge in [0, 0.05) is 18.9 Å². The summed E-state index contributed by atoms with van der Waals surface area (Å²) in [5.74, 6) is 2.16. The third-order valence-electron chi connectivity index (χ3n) is 3.91. The van der Waals surface area contributed by atoms with E-state index >= 15 is 0 Å². The van der Waals surface area contributed by atoms with Gasteiger partial charge in [-0.25, -0.2) is 4.98 Å². The maximum Gasteiger partial charge on any atom is 0.177 e. The van der Waals surface area contributed by atoms with E-state index in [-0.39, 0.29) is 5.92 Å². The molecule has 0 aromatic carbocycles. The van der Waals surface area contributed by atoms with Crippen molar-refractivity contribution in [3.8, 4) is 0 Å². The van der Waals surface area contributed by atoms with E-state index in [0.29, 0.717) is 5.78 Å². The zero-order valence-corrected chi connectivity index (χ0v) is 13.0. The van der Waals surface area contributed by atoms with Crippen LogP contribution in [-0.4, -0.2) is 39.0 Å². The number of H-pyrrole nitrogens is 1. The number of hydrogen-bond acceptors (Lipinski definition) is 5.